The summed E-state index contributed by atoms with van der Waals surface area (Å²) in [6.45, 7) is 2.05. The number of fused-ring (bicyclic) bond motifs is 1. The van der Waals surface area contributed by atoms with E-state index in [2.05, 4.69) is 27.6 Å². The van der Waals surface area contributed by atoms with Gasteiger partial charge in [0.1, 0.15) is 11.4 Å². The molecule has 2 amide bonds. The molecule has 1 saturated carbocycles. The van der Waals surface area contributed by atoms with E-state index in [0.29, 0.717) is 29.5 Å². The predicted molar refractivity (Wildman–Crippen MR) is 109 cm³/mol. The topological polar surface area (TPSA) is 83.6 Å². The Morgan fingerprint density at radius 2 is 1.93 bits per heavy atom. The van der Waals surface area contributed by atoms with Gasteiger partial charge >= 0.3 is 0 Å². The number of nitrogens with zero attached hydrogens (tertiary/aromatic N) is 2. The average Bonchev–Trinajstić information content (AvgIpc) is 3.17. The number of hydrogen-bond donors (Lipinski definition) is 2. The van der Waals surface area contributed by atoms with Crippen molar-refractivity contribution in [2.45, 2.75) is 12.5 Å². The van der Waals surface area contributed by atoms with Crippen LogP contribution in [0.5, 0.6) is 5.75 Å². The van der Waals surface area contributed by atoms with E-state index < -0.39 is 0 Å². The molecule has 1 aliphatic heterocycles. The largest absolute Gasteiger partial charge is 0.497 e. The Morgan fingerprint density at radius 3 is 2.62 bits per heavy atom. The fourth-order valence-corrected chi connectivity index (χ4v) is 4.23. The molecule has 7 heteroatoms. The molecule has 7 nitrogen and oxygen atoms in total. The molecule has 1 unspecified atom stereocenters. The van der Waals surface area contributed by atoms with Gasteiger partial charge in [-0.3, -0.25) is 9.59 Å². The van der Waals surface area contributed by atoms with Crippen molar-refractivity contribution in [2.24, 2.45) is 11.8 Å². The summed E-state index contributed by atoms with van der Waals surface area (Å²) in [5.74, 6) is 1.39. The molecule has 0 spiro atoms. The van der Waals surface area contributed by atoms with Crippen LogP contribution in [0.15, 0.2) is 36.4 Å². The highest BCUT2D eigenvalue weighted by Gasteiger charge is 2.55. The summed E-state index contributed by atoms with van der Waals surface area (Å²) < 4.78 is 5.28. The van der Waals surface area contributed by atoms with Crippen LogP contribution in [0.25, 0.3) is 0 Å². The van der Waals surface area contributed by atoms with Crippen molar-refractivity contribution >= 4 is 11.8 Å². The standard InChI is InChI=1S/C22H26N4O3/c1-23-22(28)19-10-14(21(27)25-20-17-11-26(2)12-18(17)20)9-15(24-19)7-13-5-4-6-16(8-13)29-3/h4-6,8-10,17-18,20H,7,11-12H2,1-3H3,(H,23,28)(H,25,27)/t17-,18+,20?. The summed E-state index contributed by atoms with van der Waals surface area (Å²) in [4.78, 5) is 31.8. The molecule has 2 heterocycles. The van der Waals surface area contributed by atoms with Crippen molar-refractivity contribution in [3.05, 3.63) is 58.9 Å². The zero-order chi connectivity index (χ0) is 20.5. The quantitative estimate of drug-likeness (QED) is 0.772. The van der Waals surface area contributed by atoms with Gasteiger partial charge in [-0.15, -0.1) is 0 Å². The summed E-state index contributed by atoms with van der Waals surface area (Å²) in [7, 11) is 5.28. The number of hydrogen-bond acceptors (Lipinski definition) is 5. The predicted octanol–water partition coefficient (Wildman–Crippen LogP) is 1.33. The van der Waals surface area contributed by atoms with E-state index >= 15 is 0 Å². The zero-order valence-electron chi connectivity index (χ0n) is 16.9. The number of piperidine rings is 1. The number of carbonyl (C=O) groups is 2. The molecule has 3 atom stereocenters. The van der Waals surface area contributed by atoms with Gasteiger partial charge in [0, 0.05) is 43.9 Å². The molecular formula is C22H26N4O3. The first kappa shape index (κ1) is 19.4. The van der Waals surface area contributed by atoms with Crippen LogP contribution in [-0.2, 0) is 6.42 Å². The number of nitrogens with one attached hydrogen (secondary N) is 2. The van der Waals surface area contributed by atoms with E-state index in [0.717, 1.165) is 24.4 Å². The van der Waals surface area contributed by atoms with E-state index in [1.54, 1.807) is 26.3 Å². The van der Waals surface area contributed by atoms with Crippen molar-refractivity contribution in [3.8, 4) is 5.75 Å². The first-order valence-electron chi connectivity index (χ1n) is 9.84. The summed E-state index contributed by atoms with van der Waals surface area (Å²) in [5, 5.41) is 5.73. The van der Waals surface area contributed by atoms with Crippen molar-refractivity contribution in [1.82, 2.24) is 20.5 Å². The molecular weight excluding hydrogens is 368 g/mol. The molecule has 1 saturated heterocycles. The smallest absolute Gasteiger partial charge is 0.269 e. The number of rotatable bonds is 6. The minimum atomic E-state index is -0.309. The molecule has 152 valence electrons. The number of ether oxygens (including phenoxy) is 1. The Hall–Kier alpha value is -2.93. The van der Waals surface area contributed by atoms with Gasteiger partial charge in [-0.25, -0.2) is 4.98 Å². The van der Waals surface area contributed by atoms with Crippen LogP contribution in [0, 0.1) is 11.8 Å². The number of amides is 2. The molecule has 2 aromatic rings. The van der Waals surface area contributed by atoms with Crippen LogP contribution in [0.2, 0.25) is 0 Å². The molecule has 1 aliphatic carbocycles. The molecule has 4 rings (SSSR count). The highest BCUT2D eigenvalue weighted by atomic mass is 16.5. The second kappa shape index (κ2) is 7.83. The van der Waals surface area contributed by atoms with E-state index in [9.17, 15) is 9.59 Å². The summed E-state index contributed by atoms with van der Waals surface area (Å²) in [6, 6.07) is 11.2. The first-order chi connectivity index (χ1) is 14.0. The number of benzene rings is 1. The fraction of sp³-hybridized carbons (Fsp3) is 0.409. The second-order valence-electron chi connectivity index (χ2n) is 7.89. The van der Waals surface area contributed by atoms with E-state index in [-0.39, 0.29) is 23.6 Å². The first-order valence-corrected chi connectivity index (χ1v) is 9.84. The lowest BCUT2D eigenvalue weighted by atomic mass is 10.1. The number of aromatic nitrogens is 1. The Labute approximate surface area is 170 Å². The van der Waals surface area contributed by atoms with Gasteiger partial charge < -0.3 is 20.3 Å². The maximum atomic E-state index is 12.9. The number of likely N-dealkylation sites (tertiary alicyclic amines) is 1. The molecule has 0 radical (unpaired) electrons. The lowest BCUT2D eigenvalue weighted by Crippen LogP contribution is -2.33. The van der Waals surface area contributed by atoms with Gasteiger partial charge in [-0.2, -0.15) is 0 Å². The Kier molecular flexibility index (Phi) is 5.24. The molecule has 0 bridgehead atoms. The highest BCUT2D eigenvalue weighted by molar-refractivity contribution is 5.98. The van der Waals surface area contributed by atoms with Gasteiger partial charge in [-0.1, -0.05) is 12.1 Å². The van der Waals surface area contributed by atoms with Crippen LogP contribution in [0.3, 0.4) is 0 Å². The maximum absolute atomic E-state index is 12.9. The lowest BCUT2D eigenvalue weighted by molar-refractivity contribution is 0.0943. The minimum absolute atomic E-state index is 0.147. The van der Waals surface area contributed by atoms with Crippen LogP contribution >= 0.6 is 0 Å². The SMILES string of the molecule is CNC(=O)c1cc(C(=O)NC2[C@H]3CN(C)C[C@@H]23)cc(Cc2cccc(OC)c2)n1. The van der Waals surface area contributed by atoms with E-state index in [1.807, 2.05) is 24.3 Å². The number of carbonyl (C=O) groups excluding carboxylic acids is 2. The van der Waals surface area contributed by atoms with Crippen molar-refractivity contribution < 1.29 is 14.3 Å². The maximum Gasteiger partial charge on any atom is 0.269 e. The highest BCUT2D eigenvalue weighted by Crippen LogP contribution is 2.44. The summed E-state index contributed by atoms with van der Waals surface area (Å²) >= 11 is 0. The van der Waals surface area contributed by atoms with Crippen molar-refractivity contribution in [3.63, 3.8) is 0 Å². The van der Waals surface area contributed by atoms with E-state index in [1.165, 1.54) is 0 Å². The van der Waals surface area contributed by atoms with Gasteiger partial charge in [-0.05, 0) is 48.7 Å². The summed E-state index contributed by atoms with van der Waals surface area (Å²) in [6.07, 6.45) is 0.502. The molecule has 2 N–H and O–H groups in total. The van der Waals surface area contributed by atoms with Gasteiger partial charge in [0.05, 0.1) is 7.11 Å². The molecule has 2 aliphatic rings. The monoisotopic (exact) mass is 394 g/mol. The molecule has 1 aromatic carbocycles. The average molecular weight is 394 g/mol. The third-order valence-corrected chi connectivity index (χ3v) is 5.79. The summed E-state index contributed by atoms with van der Waals surface area (Å²) in [5.41, 5.74) is 2.38. The third kappa shape index (κ3) is 4.10. The number of methoxy groups -OCH3 is 1. The van der Waals surface area contributed by atoms with E-state index in [4.69, 9.17) is 4.74 Å². The zero-order valence-corrected chi connectivity index (χ0v) is 16.9. The van der Waals surface area contributed by atoms with Gasteiger partial charge in [0.25, 0.3) is 11.8 Å². The molecule has 29 heavy (non-hydrogen) atoms. The molecule has 1 aromatic heterocycles. The Bertz CT molecular complexity index is 933. The van der Waals surface area contributed by atoms with Crippen LogP contribution in [0.1, 0.15) is 32.1 Å². The molecule has 2 fully saturated rings. The van der Waals surface area contributed by atoms with Crippen LogP contribution in [-0.4, -0.2) is 62.0 Å². The minimum Gasteiger partial charge on any atom is -0.497 e. The Balaban J connectivity index is 1.55. The van der Waals surface area contributed by atoms with Crippen LogP contribution < -0.4 is 15.4 Å². The fourth-order valence-electron chi connectivity index (χ4n) is 4.23. The number of pyridine rings is 1. The third-order valence-electron chi connectivity index (χ3n) is 5.79. The second-order valence-corrected chi connectivity index (χ2v) is 7.89. The van der Waals surface area contributed by atoms with Crippen LogP contribution in [0.4, 0.5) is 0 Å². The van der Waals surface area contributed by atoms with Gasteiger partial charge in [0.2, 0.25) is 0 Å². The normalized spacial score (nSPS) is 22.7. The van der Waals surface area contributed by atoms with Crippen molar-refractivity contribution in [1.29, 1.82) is 0 Å². The van der Waals surface area contributed by atoms with Gasteiger partial charge in [0.15, 0.2) is 0 Å². The Morgan fingerprint density at radius 1 is 1.17 bits per heavy atom. The van der Waals surface area contributed by atoms with Crippen molar-refractivity contribution in [2.75, 3.05) is 34.3 Å². The lowest BCUT2D eigenvalue weighted by Gasteiger charge is -2.14.